The molecule has 4 aliphatic carbocycles. The van der Waals surface area contributed by atoms with Gasteiger partial charge in [-0.25, -0.2) is 8.78 Å². The SMILES string of the molecule is CC(C)NC1(CO)CC1.CC(C)NC1CC(F)(F)C1.CC(C)NC1CC(O)C1.CC(C)NC1CC1.CC(C)NC1COC1.O=C=O. The van der Waals surface area contributed by atoms with Crippen LogP contribution in [0.15, 0.2) is 0 Å². The van der Waals surface area contributed by atoms with E-state index in [-0.39, 0.29) is 36.7 Å². The van der Waals surface area contributed by atoms with Crippen molar-refractivity contribution in [1.29, 1.82) is 0 Å². The zero-order valence-electron chi connectivity index (χ0n) is 30.4. The Morgan fingerprint density at radius 1 is 0.696 bits per heavy atom. The number of halogens is 2. The quantitative estimate of drug-likeness (QED) is 0.174. The van der Waals surface area contributed by atoms with Crippen LogP contribution >= 0.6 is 0 Å². The highest BCUT2D eigenvalue weighted by molar-refractivity contribution is 5.20. The van der Waals surface area contributed by atoms with Gasteiger partial charge < -0.3 is 41.5 Å². The van der Waals surface area contributed by atoms with E-state index >= 15 is 0 Å². The van der Waals surface area contributed by atoms with Crippen molar-refractivity contribution >= 4 is 6.15 Å². The molecular formula is C34H69F2N5O5. The Morgan fingerprint density at radius 2 is 1.09 bits per heavy atom. The van der Waals surface area contributed by atoms with Crippen molar-refractivity contribution in [3.8, 4) is 0 Å². The van der Waals surface area contributed by atoms with Crippen molar-refractivity contribution in [2.75, 3.05) is 19.8 Å². The molecule has 1 aliphatic heterocycles. The fourth-order valence-corrected chi connectivity index (χ4v) is 5.08. The van der Waals surface area contributed by atoms with E-state index in [1.165, 1.54) is 12.8 Å². The molecule has 5 rings (SSSR count). The van der Waals surface area contributed by atoms with Gasteiger partial charge in [0.25, 0.3) is 5.92 Å². The Labute approximate surface area is 278 Å². The third kappa shape index (κ3) is 25.0. The first-order valence-electron chi connectivity index (χ1n) is 17.4. The summed E-state index contributed by atoms with van der Waals surface area (Å²) in [6.45, 7) is 23.2. The fourth-order valence-electron chi connectivity index (χ4n) is 5.08. The molecule has 0 radical (unpaired) electrons. The lowest BCUT2D eigenvalue weighted by Gasteiger charge is -2.36. The Kier molecular flexibility index (Phi) is 22.8. The Hall–Kier alpha value is -1.08. The molecule has 0 aromatic heterocycles. The van der Waals surface area contributed by atoms with Gasteiger partial charge in [0.2, 0.25) is 0 Å². The van der Waals surface area contributed by atoms with Gasteiger partial charge in [-0.05, 0) is 38.5 Å². The summed E-state index contributed by atoms with van der Waals surface area (Å²) in [5.74, 6) is -2.38. The first-order chi connectivity index (χ1) is 21.4. The number of carbonyl (C=O) groups excluding carboxylic acids is 2. The highest BCUT2D eigenvalue weighted by atomic mass is 19.3. The van der Waals surface area contributed by atoms with Gasteiger partial charge >= 0.3 is 6.15 Å². The van der Waals surface area contributed by atoms with Crippen molar-refractivity contribution in [1.82, 2.24) is 26.6 Å². The highest BCUT2D eigenvalue weighted by Gasteiger charge is 2.45. The highest BCUT2D eigenvalue weighted by Crippen LogP contribution is 2.37. The van der Waals surface area contributed by atoms with E-state index in [0.717, 1.165) is 44.9 Å². The maximum Gasteiger partial charge on any atom is 0.373 e. The Bertz CT molecular complexity index is 784. The average Bonchev–Trinajstić information content (AvgIpc) is 3.79. The van der Waals surface area contributed by atoms with Gasteiger partial charge in [0.1, 0.15) is 0 Å². The maximum absolute atomic E-state index is 12.2. The Balaban J connectivity index is 0.000000540. The second-order valence-corrected chi connectivity index (χ2v) is 14.9. The van der Waals surface area contributed by atoms with Crippen LogP contribution in [0, 0.1) is 0 Å². The zero-order valence-corrected chi connectivity index (χ0v) is 30.4. The molecule has 0 amide bonds. The molecule has 1 heterocycles. The van der Waals surface area contributed by atoms with Gasteiger partial charge in [0.15, 0.2) is 0 Å². The fraction of sp³-hybridized carbons (Fsp3) is 0.971. The van der Waals surface area contributed by atoms with E-state index in [0.29, 0.717) is 48.9 Å². The molecule has 0 bridgehead atoms. The van der Waals surface area contributed by atoms with Crippen molar-refractivity contribution in [2.45, 2.75) is 193 Å². The first-order valence-corrected chi connectivity index (χ1v) is 17.4. The van der Waals surface area contributed by atoms with Crippen LogP contribution in [-0.2, 0) is 14.3 Å². The number of hydrogen-bond donors (Lipinski definition) is 7. The summed E-state index contributed by atoms with van der Waals surface area (Å²) in [5, 5.41) is 34.2. The van der Waals surface area contributed by atoms with Crippen LogP contribution in [0.5, 0.6) is 0 Å². The third-order valence-electron chi connectivity index (χ3n) is 7.45. The largest absolute Gasteiger partial charge is 0.394 e. The van der Waals surface area contributed by atoms with Crippen molar-refractivity contribution < 1.29 is 33.3 Å². The van der Waals surface area contributed by atoms with Gasteiger partial charge in [-0.15, -0.1) is 0 Å². The molecule has 0 aromatic carbocycles. The standard InChI is InChI=1S/C7H13F2N.2C7H15NO.C6H13NO.C6H13N.CO2/c1-5(2)10-6-3-7(8,9)4-6;1-5(2)8-6-3-7(9)4-6;1-6(2)8-7(5-9)3-4-7;1-5(2)7-6-3-8-4-6;1-5(2)7-6-3-4-6;2-1-3/h5-6,10H,3-4H2,1-2H3;5-9H,3-4H2,1-2H3;6,8-9H,3-5H2,1-2H3;5-7H,3-4H2,1-2H3;5-7H,3-4H2,1-2H3;. The van der Waals surface area contributed by atoms with Crippen molar-refractivity contribution in [3.63, 3.8) is 0 Å². The van der Waals surface area contributed by atoms with E-state index in [2.05, 4.69) is 82.0 Å². The van der Waals surface area contributed by atoms with E-state index < -0.39 is 5.92 Å². The summed E-state index contributed by atoms with van der Waals surface area (Å²) in [6.07, 6.45) is 7.23. The molecule has 274 valence electrons. The van der Waals surface area contributed by atoms with Crippen LogP contribution in [-0.4, -0.2) is 108 Å². The van der Waals surface area contributed by atoms with Gasteiger partial charge in [-0.1, -0.05) is 69.2 Å². The lowest BCUT2D eigenvalue weighted by molar-refractivity contribution is -0.191. The zero-order chi connectivity index (χ0) is 35.5. The van der Waals surface area contributed by atoms with E-state index in [4.69, 9.17) is 24.5 Å². The minimum Gasteiger partial charge on any atom is -0.394 e. The maximum atomic E-state index is 12.2. The molecule has 46 heavy (non-hydrogen) atoms. The van der Waals surface area contributed by atoms with Crippen LogP contribution in [0.25, 0.3) is 0 Å². The number of ether oxygens (including phenoxy) is 1. The number of nitrogens with one attached hydrogen (secondary N) is 5. The number of aliphatic hydroxyl groups is 2. The van der Waals surface area contributed by atoms with Crippen molar-refractivity contribution in [2.24, 2.45) is 0 Å². The second-order valence-electron chi connectivity index (χ2n) is 14.9. The number of alkyl halides is 2. The molecule has 12 heteroatoms. The van der Waals surface area contributed by atoms with Gasteiger partial charge in [-0.3, -0.25) is 0 Å². The lowest BCUT2D eigenvalue weighted by atomic mass is 9.88. The molecule has 1 saturated heterocycles. The molecule has 10 nitrogen and oxygen atoms in total. The molecule has 7 N–H and O–H groups in total. The number of aliphatic hydroxyl groups excluding tert-OH is 2. The Morgan fingerprint density at radius 3 is 1.28 bits per heavy atom. The average molecular weight is 666 g/mol. The topological polar surface area (TPSA) is 144 Å². The first kappa shape index (κ1) is 44.9. The number of rotatable bonds is 11. The summed E-state index contributed by atoms with van der Waals surface area (Å²) in [6, 6.07) is 4.81. The minimum absolute atomic E-state index is 0.0190. The predicted molar refractivity (Wildman–Crippen MR) is 180 cm³/mol. The molecule has 0 aromatic rings. The summed E-state index contributed by atoms with van der Waals surface area (Å²) >= 11 is 0. The monoisotopic (exact) mass is 666 g/mol. The minimum atomic E-state index is -2.38. The van der Waals surface area contributed by atoms with Crippen LogP contribution in [0.1, 0.15) is 121 Å². The second kappa shape index (κ2) is 23.3. The lowest BCUT2D eigenvalue weighted by Crippen LogP contribution is -2.50. The van der Waals surface area contributed by atoms with Gasteiger partial charge in [-0.2, -0.15) is 9.59 Å². The molecule has 0 atom stereocenters. The molecule has 4 saturated carbocycles. The number of hydrogen-bond acceptors (Lipinski definition) is 10. The van der Waals surface area contributed by atoms with E-state index in [1.54, 1.807) is 0 Å². The van der Waals surface area contributed by atoms with Crippen LogP contribution in [0.4, 0.5) is 8.78 Å². The van der Waals surface area contributed by atoms with Gasteiger partial charge in [0.05, 0.1) is 32.0 Å². The van der Waals surface area contributed by atoms with Crippen LogP contribution in [0.2, 0.25) is 0 Å². The predicted octanol–water partition coefficient (Wildman–Crippen LogP) is 3.75. The molecule has 5 aliphatic rings. The van der Waals surface area contributed by atoms with E-state index in [1.807, 2.05) is 13.8 Å². The smallest absolute Gasteiger partial charge is 0.373 e. The van der Waals surface area contributed by atoms with E-state index in [9.17, 15) is 8.78 Å². The van der Waals surface area contributed by atoms with Crippen LogP contribution < -0.4 is 26.6 Å². The normalized spacial score (nSPS) is 23.7. The summed E-state index contributed by atoms with van der Waals surface area (Å²) in [4.78, 5) is 16.2. The van der Waals surface area contributed by atoms with Gasteiger partial charge in [0, 0.05) is 66.7 Å². The molecular weight excluding hydrogens is 596 g/mol. The third-order valence-corrected chi connectivity index (χ3v) is 7.45. The summed E-state index contributed by atoms with van der Waals surface area (Å²) in [5.41, 5.74) is 0.119. The van der Waals surface area contributed by atoms with Crippen molar-refractivity contribution in [3.05, 3.63) is 0 Å². The molecule has 5 fully saturated rings. The molecule has 0 spiro atoms. The summed E-state index contributed by atoms with van der Waals surface area (Å²) in [7, 11) is 0. The van der Waals surface area contributed by atoms with Crippen LogP contribution in [0.3, 0.4) is 0 Å². The molecule has 0 unspecified atom stereocenters. The summed E-state index contributed by atoms with van der Waals surface area (Å²) < 4.78 is 29.4.